The summed E-state index contributed by atoms with van der Waals surface area (Å²) in [6, 6.07) is 4.77. The average Bonchev–Trinajstić information content (AvgIpc) is 2.34. The molecule has 2 unspecified atom stereocenters. The average molecular weight is 261 g/mol. The molecule has 0 bridgehead atoms. The lowest BCUT2D eigenvalue weighted by molar-refractivity contribution is -0.137. The predicted molar refractivity (Wildman–Crippen MR) is 64.1 cm³/mol. The highest BCUT2D eigenvalue weighted by atomic mass is 19.4. The molecule has 0 heterocycles. The van der Waals surface area contributed by atoms with Crippen LogP contribution in [0.5, 0.6) is 0 Å². The maximum Gasteiger partial charge on any atom is 0.416 e. The molecule has 1 aromatic rings. The minimum Gasteiger partial charge on any atom is -0.382 e. The van der Waals surface area contributed by atoms with Gasteiger partial charge in [-0.15, -0.1) is 0 Å². The first-order valence-electron chi connectivity index (χ1n) is 5.80. The third kappa shape index (κ3) is 4.31. The van der Waals surface area contributed by atoms with Gasteiger partial charge in [-0.3, -0.25) is 0 Å². The van der Waals surface area contributed by atoms with Gasteiger partial charge in [0.25, 0.3) is 0 Å². The molecule has 18 heavy (non-hydrogen) atoms. The molecule has 0 aliphatic heterocycles. The standard InChI is InChI=1S/C13H18F3NO/c1-9(18-2)6-7-12(17)10-4-3-5-11(8-10)13(14,15)16/h3-5,8-9,12H,6-7,17H2,1-2H3. The summed E-state index contributed by atoms with van der Waals surface area (Å²) in [5.74, 6) is 0. The second kappa shape index (κ2) is 6.20. The molecule has 0 saturated heterocycles. The molecular formula is C13H18F3NO. The molecule has 2 N–H and O–H groups in total. The monoisotopic (exact) mass is 261 g/mol. The van der Waals surface area contributed by atoms with Gasteiger partial charge >= 0.3 is 6.18 Å². The molecule has 0 radical (unpaired) electrons. The Labute approximate surface area is 105 Å². The van der Waals surface area contributed by atoms with Crippen molar-refractivity contribution >= 4 is 0 Å². The van der Waals surface area contributed by atoms with Gasteiger partial charge in [-0.25, -0.2) is 0 Å². The van der Waals surface area contributed by atoms with Crippen LogP contribution in [0.1, 0.15) is 36.9 Å². The van der Waals surface area contributed by atoms with Crippen LogP contribution in [0.15, 0.2) is 24.3 Å². The zero-order chi connectivity index (χ0) is 13.8. The largest absolute Gasteiger partial charge is 0.416 e. The Balaban J connectivity index is 2.71. The van der Waals surface area contributed by atoms with Crippen molar-refractivity contribution in [3.8, 4) is 0 Å². The van der Waals surface area contributed by atoms with Crippen LogP contribution in [0.4, 0.5) is 13.2 Å². The molecule has 2 nitrogen and oxygen atoms in total. The molecular weight excluding hydrogens is 243 g/mol. The van der Waals surface area contributed by atoms with E-state index in [4.69, 9.17) is 10.5 Å². The number of methoxy groups -OCH3 is 1. The fourth-order valence-electron chi connectivity index (χ4n) is 1.64. The van der Waals surface area contributed by atoms with E-state index in [-0.39, 0.29) is 6.10 Å². The van der Waals surface area contributed by atoms with Gasteiger partial charge in [0.05, 0.1) is 11.7 Å². The van der Waals surface area contributed by atoms with Crippen molar-refractivity contribution in [2.24, 2.45) is 5.73 Å². The van der Waals surface area contributed by atoms with Gasteiger partial charge in [-0.2, -0.15) is 13.2 Å². The molecule has 102 valence electrons. The minimum atomic E-state index is -4.32. The molecule has 0 amide bonds. The van der Waals surface area contributed by atoms with Crippen molar-refractivity contribution in [1.82, 2.24) is 0 Å². The Bertz CT molecular complexity index is 379. The first kappa shape index (κ1) is 15.0. The fraction of sp³-hybridized carbons (Fsp3) is 0.538. The van der Waals surface area contributed by atoms with E-state index in [1.54, 1.807) is 13.2 Å². The van der Waals surface area contributed by atoms with E-state index in [0.29, 0.717) is 18.4 Å². The molecule has 5 heteroatoms. The van der Waals surface area contributed by atoms with Crippen LogP contribution >= 0.6 is 0 Å². The molecule has 1 aromatic carbocycles. The summed E-state index contributed by atoms with van der Waals surface area (Å²) in [4.78, 5) is 0. The van der Waals surface area contributed by atoms with Crippen molar-refractivity contribution in [2.45, 2.75) is 38.1 Å². The first-order valence-corrected chi connectivity index (χ1v) is 5.80. The molecule has 0 aromatic heterocycles. The second-order valence-corrected chi connectivity index (χ2v) is 4.35. The summed E-state index contributed by atoms with van der Waals surface area (Å²) in [5, 5.41) is 0. The number of hydrogen-bond acceptors (Lipinski definition) is 2. The van der Waals surface area contributed by atoms with Crippen molar-refractivity contribution in [2.75, 3.05) is 7.11 Å². The topological polar surface area (TPSA) is 35.2 Å². The summed E-state index contributed by atoms with van der Waals surface area (Å²) in [6.45, 7) is 1.90. The van der Waals surface area contributed by atoms with Crippen LogP contribution in [0, 0.1) is 0 Å². The molecule has 0 aliphatic carbocycles. The van der Waals surface area contributed by atoms with Crippen molar-refractivity contribution < 1.29 is 17.9 Å². The van der Waals surface area contributed by atoms with E-state index in [9.17, 15) is 13.2 Å². The molecule has 2 atom stereocenters. The number of hydrogen-bond donors (Lipinski definition) is 1. The lowest BCUT2D eigenvalue weighted by Crippen LogP contribution is -2.15. The Morgan fingerprint density at radius 3 is 2.50 bits per heavy atom. The highest BCUT2D eigenvalue weighted by molar-refractivity contribution is 5.27. The number of benzene rings is 1. The zero-order valence-electron chi connectivity index (χ0n) is 10.5. The number of halogens is 3. The summed E-state index contributed by atoms with van der Waals surface area (Å²) in [6.07, 6.45) is -2.96. The minimum absolute atomic E-state index is 0.0573. The molecule has 0 saturated carbocycles. The summed E-state index contributed by atoms with van der Waals surface area (Å²) in [5.41, 5.74) is 5.74. The zero-order valence-corrected chi connectivity index (χ0v) is 10.5. The van der Waals surface area contributed by atoms with Gasteiger partial charge in [0, 0.05) is 13.2 Å². The number of rotatable bonds is 5. The van der Waals surface area contributed by atoms with Gasteiger partial charge in [0.2, 0.25) is 0 Å². The van der Waals surface area contributed by atoms with Crippen LogP contribution in [-0.2, 0) is 10.9 Å². The molecule has 0 spiro atoms. The lowest BCUT2D eigenvalue weighted by atomic mass is 9.99. The summed E-state index contributed by atoms with van der Waals surface area (Å²) >= 11 is 0. The van der Waals surface area contributed by atoms with E-state index >= 15 is 0 Å². The first-order chi connectivity index (χ1) is 8.34. The quantitative estimate of drug-likeness (QED) is 0.880. The van der Waals surface area contributed by atoms with Gasteiger partial charge in [-0.1, -0.05) is 12.1 Å². The SMILES string of the molecule is COC(C)CCC(N)c1cccc(C(F)(F)F)c1. The highest BCUT2D eigenvalue weighted by Crippen LogP contribution is 2.31. The third-order valence-corrected chi connectivity index (χ3v) is 2.93. The summed E-state index contributed by atoms with van der Waals surface area (Å²) < 4.78 is 42.7. The van der Waals surface area contributed by atoms with Gasteiger partial charge < -0.3 is 10.5 Å². The maximum atomic E-state index is 12.5. The fourth-order valence-corrected chi connectivity index (χ4v) is 1.64. The Kier molecular flexibility index (Phi) is 5.16. The smallest absolute Gasteiger partial charge is 0.382 e. The normalized spacial score (nSPS) is 15.4. The predicted octanol–water partition coefficient (Wildman–Crippen LogP) is 3.52. The van der Waals surface area contributed by atoms with Crippen molar-refractivity contribution in [3.63, 3.8) is 0 Å². The molecule has 0 fully saturated rings. The van der Waals surface area contributed by atoms with E-state index in [1.165, 1.54) is 6.07 Å². The van der Waals surface area contributed by atoms with Crippen LogP contribution in [-0.4, -0.2) is 13.2 Å². The van der Waals surface area contributed by atoms with Crippen LogP contribution in [0.2, 0.25) is 0 Å². The van der Waals surface area contributed by atoms with Gasteiger partial charge in [0.15, 0.2) is 0 Å². The summed E-state index contributed by atoms with van der Waals surface area (Å²) in [7, 11) is 1.60. The number of ether oxygens (including phenoxy) is 1. The highest BCUT2D eigenvalue weighted by Gasteiger charge is 2.30. The number of alkyl halides is 3. The molecule has 1 rings (SSSR count). The van der Waals surface area contributed by atoms with Crippen LogP contribution < -0.4 is 5.73 Å². The van der Waals surface area contributed by atoms with Crippen molar-refractivity contribution in [1.29, 1.82) is 0 Å². The van der Waals surface area contributed by atoms with Crippen molar-refractivity contribution in [3.05, 3.63) is 35.4 Å². The maximum absolute atomic E-state index is 12.5. The Morgan fingerprint density at radius 2 is 1.94 bits per heavy atom. The second-order valence-electron chi connectivity index (χ2n) is 4.35. The lowest BCUT2D eigenvalue weighted by Gasteiger charge is -2.16. The Morgan fingerprint density at radius 1 is 1.28 bits per heavy atom. The number of nitrogens with two attached hydrogens (primary N) is 1. The van der Waals surface area contributed by atoms with Crippen LogP contribution in [0.25, 0.3) is 0 Å². The van der Waals surface area contributed by atoms with Gasteiger partial charge in [-0.05, 0) is 37.5 Å². The van der Waals surface area contributed by atoms with E-state index in [2.05, 4.69) is 0 Å². The van der Waals surface area contributed by atoms with Crippen LogP contribution in [0.3, 0.4) is 0 Å². The third-order valence-electron chi connectivity index (χ3n) is 2.93. The molecule has 0 aliphatic rings. The van der Waals surface area contributed by atoms with E-state index in [1.807, 2.05) is 6.92 Å². The Hall–Kier alpha value is -1.07. The van der Waals surface area contributed by atoms with E-state index < -0.39 is 17.8 Å². The van der Waals surface area contributed by atoms with Gasteiger partial charge in [0.1, 0.15) is 0 Å². The van der Waals surface area contributed by atoms with E-state index in [0.717, 1.165) is 12.1 Å².